The van der Waals surface area contributed by atoms with Gasteiger partial charge in [0.1, 0.15) is 11.0 Å². The topological polar surface area (TPSA) is 66.4 Å². The molecule has 19 heavy (non-hydrogen) atoms. The number of thiophene rings is 1. The van der Waals surface area contributed by atoms with Crippen molar-refractivity contribution >= 4 is 33.0 Å². The van der Waals surface area contributed by atoms with E-state index in [4.69, 9.17) is 11.6 Å². The molecule has 0 saturated carbocycles. The summed E-state index contributed by atoms with van der Waals surface area (Å²) >= 11 is 7.21. The van der Waals surface area contributed by atoms with Gasteiger partial charge in [-0.2, -0.15) is 0 Å². The first-order chi connectivity index (χ1) is 9.00. The summed E-state index contributed by atoms with van der Waals surface area (Å²) in [5, 5.41) is 11.8. The van der Waals surface area contributed by atoms with E-state index in [9.17, 15) is 13.5 Å². The molecular formula is C12H12ClNO3S2. The van der Waals surface area contributed by atoms with E-state index in [1.807, 2.05) is 5.38 Å². The average Bonchev–Trinajstić information content (AvgIpc) is 2.90. The molecule has 1 aromatic heterocycles. The number of hydrogen-bond donors (Lipinski definition) is 2. The fourth-order valence-electron chi connectivity index (χ4n) is 1.51. The van der Waals surface area contributed by atoms with Gasteiger partial charge in [0.25, 0.3) is 0 Å². The Labute approximate surface area is 120 Å². The molecule has 0 aliphatic rings. The molecule has 102 valence electrons. The van der Waals surface area contributed by atoms with Gasteiger partial charge in [0.15, 0.2) is 0 Å². The van der Waals surface area contributed by atoms with Crippen molar-refractivity contribution in [2.75, 3.05) is 6.54 Å². The van der Waals surface area contributed by atoms with Crippen molar-refractivity contribution in [3.05, 3.63) is 51.7 Å². The summed E-state index contributed by atoms with van der Waals surface area (Å²) in [5.74, 6) is 0. The van der Waals surface area contributed by atoms with Crippen LogP contribution in [-0.4, -0.2) is 20.1 Å². The van der Waals surface area contributed by atoms with Gasteiger partial charge in [0.2, 0.25) is 10.0 Å². The van der Waals surface area contributed by atoms with Gasteiger partial charge in [-0.05, 0) is 23.6 Å². The zero-order chi connectivity index (χ0) is 13.9. The van der Waals surface area contributed by atoms with Crippen LogP contribution in [0.5, 0.6) is 0 Å². The van der Waals surface area contributed by atoms with Crippen molar-refractivity contribution in [1.29, 1.82) is 0 Å². The van der Waals surface area contributed by atoms with Gasteiger partial charge in [-0.15, -0.1) is 11.3 Å². The Morgan fingerprint density at radius 3 is 2.63 bits per heavy atom. The summed E-state index contributed by atoms with van der Waals surface area (Å²) in [6, 6.07) is 9.72. The van der Waals surface area contributed by atoms with Gasteiger partial charge >= 0.3 is 0 Å². The zero-order valence-corrected chi connectivity index (χ0v) is 12.2. The molecule has 0 radical (unpaired) electrons. The first kappa shape index (κ1) is 14.5. The second-order valence-corrected chi connectivity index (χ2v) is 6.94. The van der Waals surface area contributed by atoms with E-state index in [1.54, 1.807) is 24.3 Å². The average molecular weight is 318 g/mol. The molecule has 0 saturated heterocycles. The number of halogens is 1. The highest BCUT2D eigenvalue weighted by molar-refractivity contribution is 7.89. The molecule has 0 bridgehead atoms. The lowest BCUT2D eigenvalue weighted by atomic mass is 10.3. The number of aliphatic hydroxyl groups is 1. The van der Waals surface area contributed by atoms with Crippen LogP contribution in [0.2, 0.25) is 5.02 Å². The van der Waals surface area contributed by atoms with Crippen molar-refractivity contribution in [2.45, 2.75) is 11.0 Å². The second kappa shape index (κ2) is 6.02. The summed E-state index contributed by atoms with van der Waals surface area (Å²) in [5.41, 5.74) is 0. The van der Waals surface area contributed by atoms with E-state index < -0.39 is 16.1 Å². The van der Waals surface area contributed by atoms with Crippen molar-refractivity contribution < 1.29 is 13.5 Å². The Bertz CT molecular complexity index is 641. The van der Waals surface area contributed by atoms with Crippen LogP contribution in [0.25, 0.3) is 0 Å². The summed E-state index contributed by atoms with van der Waals surface area (Å²) in [6.45, 7) is -0.0892. The van der Waals surface area contributed by atoms with Gasteiger partial charge < -0.3 is 5.11 Å². The van der Waals surface area contributed by atoms with E-state index in [0.29, 0.717) is 4.88 Å². The fraction of sp³-hybridized carbons (Fsp3) is 0.167. The molecular weight excluding hydrogens is 306 g/mol. The van der Waals surface area contributed by atoms with Crippen LogP contribution in [0, 0.1) is 0 Å². The largest absolute Gasteiger partial charge is 0.386 e. The Kier molecular flexibility index (Phi) is 4.59. The molecule has 4 nitrogen and oxygen atoms in total. The third-order valence-electron chi connectivity index (χ3n) is 2.46. The van der Waals surface area contributed by atoms with Crippen LogP contribution < -0.4 is 4.72 Å². The van der Waals surface area contributed by atoms with Gasteiger partial charge in [-0.3, -0.25) is 0 Å². The third-order valence-corrected chi connectivity index (χ3v) is 5.36. The Morgan fingerprint density at radius 1 is 1.26 bits per heavy atom. The molecule has 0 fully saturated rings. The smallest absolute Gasteiger partial charge is 0.242 e. The lowest BCUT2D eigenvalue weighted by Gasteiger charge is -2.11. The first-order valence-electron chi connectivity index (χ1n) is 5.46. The summed E-state index contributed by atoms with van der Waals surface area (Å²) in [7, 11) is -3.71. The Hall–Kier alpha value is -0.920. The summed E-state index contributed by atoms with van der Waals surface area (Å²) in [4.78, 5) is 0.719. The number of sulfonamides is 1. The SMILES string of the molecule is O=S(=O)(NCC(O)c1cccs1)c1ccccc1Cl. The second-order valence-electron chi connectivity index (χ2n) is 3.81. The Morgan fingerprint density at radius 2 is 2.00 bits per heavy atom. The van der Waals surface area contributed by atoms with E-state index in [0.717, 1.165) is 0 Å². The first-order valence-corrected chi connectivity index (χ1v) is 8.20. The maximum absolute atomic E-state index is 12.0. The lowest BCUT2D eigenvalue weighted by molar-refractivity contribution is 0.186. The van der Waals surface area contributed by atoms with Crippen LogP contribution in [-0.2, 0) is 10.0 Å². The predicted molar refractivity (Wildman–Crippen MR) is 75.9 cm³/mol. The number of rotatable bonds is 5. The lowest BCUT2D eigenvalue weighted by Crippen LogP contribution is -2.28. The minimum atomic E-state index is -3.71. The maximum Gasteiger partial charge on any atom is 0.242 e. The number of hydrogen-bond acceptors (Lipinski definition) is 4. The molecule has 1 atom stereocenters. The predicted octanol–water partition coefficient (Wildman–Crippen LogP) is 2.41. The van der Waals surface area contributed by atoms with E-state index in [2.05, 4.69) is 4.72 Å². The van der Waals surface area contributed by atoms with Gasteiger partial charge in [0, 0.05) is 11.4 Å². The van der Waals surface area contributed by atoms with Crippen molar-refractivity contribution in [3.8, 4) is 0 Å². The summed E-state index contributed by atoms with van der Waals surface area (Å²) < 4.78 is 26.4. The molecule has 0 aliphatic heterocycles. The van der Waals surface area contributed by atoms with Crippen LogP contribution in [0.4, 0.5) is 0 Å². The monoisotopic (exact) mass is 317 g/mol. The van der Waals surface area contributed by atoms with E-state index >= 15 is 0 Å². The zero-order valence-electron chi connectivity index (χ0n) is 9.78. The molecule has 0 spiro atoms. The summed E-state index contributed by atoms with van der Waals surface area (Å²) in [6.07, 6.45) is -0.864. The van der Waals surface area contributed by atoms with Crippen LogP contribution in [0.15, 0.2) is 46.7 Å². The molecule has 2 rings (SSSR count). The maximum atomic E-state index is 12.0. The number of nitrogens with one attached hydrogen (secondary N) is 1. The van der Waals surface area contributed by atoms with E-state index in [1.165, 1.54) is 23.5 Å². The molecule has 1 heterocycles. The highest BCUT2D eigenvalue weighted by Crippen LogP contribution is 2.22. The minimum Gasteiger partial charge on any atom is -0.386 e. The van der Waals surface area contributed by atoms with Gasteiger partial charge in [-0.1, -0.05) is 29.8 Å². The van der Waals surface area contributed by atoms with Crippen LogP contribution in [0.1, 0.15) is 11.0 Å². The minimum absolute atomic E-state index is 0.00930. The molecule has 0 aliphatic carbocycles. The van der Waals surface area contributed by atoms with Gasteiger partial charge in [0.05, 0.1) is 5.02 Å². The molecule has 1 unspecified atom stereocenters. The van der Waals surface area contributed by atoms with Crippen molar-refractivity contribution in [2.24, 2.45) is 0 Å². The molecule has 2 N–H and O–H groups in total. The Balaban J connectivity index is 2.09. The fourth-order valence-corrected chi connectivity index (χ4v) is 3.78. The molecule has 1 aromatic carbocycles. The van der Waals surface area contributed by atoms with Crippen molar-refractivity contribution in [3.63, 3.8) is 0 Å². The molecule has 0 amide bonds. The highest BCUT2D eigenvalue weighted by Gasteiger charge is 2.19. The third kappa shape index (κ3) is 3.55. The van der Waals surface area contributed by atoms with Crippen LogP contribution >= 0.6 is 22.9 Å². The van der Waals surface area contributed by atoms with Gasteiger partial charge in [-0.25, -0.2) is 13.1 Å². The van der Waals surface area contributed by atoms with Crippen LogP contribution in [0.3, 0.4) is 0 Å². The normalized spacial score (nSPS) is 13.4. The molecule has 7 heteroatoms. The van der Waals surface area contributed by atoms with E-state index in [-0.39, 0.29) is 16.5 Å². The quantitative estimate of drug-likeness (QED) is 0.890. The number of aliphatic hydroxyl groups excluding tert-OH is 1. The standard InChI is InChI=1S/C12H12ClNO3S2/c13-9-4-1-2-6-12(9)19(16,17)14-8-10(15)11-5-3-7-18-11/h1-7,10,14-15H,8H2. The van der Waals surface area contributed by atoms with Crippen molar-refractivity contribution in [1.82, 2.24) is 4.72 Å². The highest BCUT2D eigenvalue weighted by atomic mass is 35.5. The number of benzene rings is 1. The molecule has 2 aromatic rings.